The summed E-state index contributed by atoms with van der Waals surface area (Å²) in [7, 11) is 0. The van der Waals surface area contributed by atoms with Crippen LogP contribution in [0.4, 0.5) is 5.69 Å². The van der Waals surface area contributed by atoms with Crippen LogP contribution in [0.3, 0.4) is 0 Å². The zero-order valence-electron chi connectivity index (χ0n) is 11.0. The summed E-state index contributed by atoms with van der Waals surface area (Å²) in [6.45, 7) is 8.60. The molecule has 2 N–H and O–H groups in total. The Bertz CT molecular complexity index is 387. The molecule has 0 atom stereocenters. The van der Waals surface area contributed by atoms with Gasteiger partial charge in [-0.15, -0.1) is 0 Å². The lowest BCUT2D eigenvalue weighted by atomic mass is 10.1. The average molecular weight is 312 g/mol. The highest BCUT2D eigenvalue weighted by atomic mass is 79.9. The number of hydrogen-bond donors (Lipinski definition) is 1. The molecule has 1 heterocycles. The Morgan fingerprint density at radius 2 is 1.94 bits per heavy atom. The van der Waals surface area contributed by atoms with Crippen LogP contribution in [-0.4, -0.2) is 37.6 Å². The summed E-state index contributed by atoms with van der Waals surface area (Å²) in [5.41, 5.74) is 8.38. The lowest BCUT2D eigenvalue weighted by Gasteiger charge is -2.36. The predicted octanol–water partition coefficient (Wildman–Crippen LogP) is 2.44. The second-order valence-electron chi connectivity index (χ2n) is 4.81. The van der Waals surface area contributed by atoms with E-state index in [4.69, 9.17) is 5.73 Å². The van der Waals surface area contributed by atoms with Crippen LogP contribution in [0, 0.1) is 0 Å². The van der Waals surface area contributed by atoms with Crippen LogP contribution in [0.15, 0.2) is 22.7 Å². The fraction of sp³-hybridized carbons (Fsp3) is 0.571. The minimum atomic E-state index is 0.601. The molecular formula is C14H22BrN3. The lowest BCUT2D eigenvalue weighted by Crippen LogP contribution is -2.46. The first-order valence-corrected chi connectivity index (χ1v) is 7.49. The van der Waals surface area contributed by atoms with Crippen molar-refractivity contribution in [1.82, 2.24) is 4.90 Å². The standard InChI is InChI=1S/C14H22BrN3/c1-2-5-17-6-8-18(9-7-17)14-4-3-13(15)10-12(14)11-16/h3-4,10H,2,5-9,11,16H2,1H3. The van der Waals surface area contributed by atoms with E-state index < -0.39 is 0 Å². The maximum Gasteiger partial charge on any atom is 0.0413 e. The minimum Gasteiger partial charge on any atom is -0.369 e. The van der Waals surface area contributed by atoms with Crippen molar-refractivity contribution < 1.29 is 0 Å². The number of nitrogens with two attached hydrogens (primary N) is 1. The average Bonchev–Trinajstić information content (AvgIpc) is 2.40. The van der Waals surface area contributed by atoms with E-state index in [2.05, 4.69) is 50.9 Å². The molecule has 0 spiro atoms. The van der Waals surface area contributed by atoms with Gasteiger partial charge in [-0.2, -0.15) is 0 Å². The molecule has 100 valence electrons. The van der Waals surface area contributed by atoms with Crippen molar-refractivity contribution in [3.05, 3.63) is 28.2 Å². The highest BCUT2D eigenvalue weighted by molar-refractivity contribution is 9.10. The van der Waals surface area contributed by atoms with Gasteiger partial charge in [0.2, 0.25) is 0 Å². The van der Waals surface area contributed by atoms with E-state index in [1.165, 1.54) is 24.2 Å². The Morgan fingerprint density at radius 1 is 1.22 bits per heavy atom. The van der Waals surface area contributed by atoms with E-state index in [-0.39, 0.29) is 0 Å². The van der Waals surface area contributed by atoms with Crippen LogP contribution < -0.4 is 10.6 Å². The summed E-state index contributed by atoms with van der Waals surface area (Å²) in [4.78, 5) is 5.00. The largest absolute Gasteiger partial charge is 0.369 e. The maximum absolute atomic E-state index is 5.84. The molecule has 1 aromatic carbocycles. The molecule has 1 aliphatic heterocycles. The van der Waals surface area contributed by atoms with Crippen LogP contribution >= 0.6 is 15.9 Å². The normalized spacial score (nSPS) is 17.2. The van der Waals surface area contributed by atoms with Crippen LogP contribution in [0.2, 0.25) is 0 Å². The van der Waals surface area contributed by atoms with Gasteiger partial charge in [-0.3, -0.25) is 4.90 Å². The van der Waals surface area contributed by atoms with Gasteiger partial charge in [-0.05, 0) is 36.7 Å². The molecule has 0 unspecified atom stereocenters. The van der Waals surface area contributed by atoms with Gasteiger partial charge in [-0.25, -0.2) is 0 Å². The first-order valence-electron chi connectivity index (χ1n) is 6.70. The number of anilines is 1. The quantitative estimate of drug-likeness (QED) is 0.927. The van der Waals surface area contributed by atoms with Gasteiger partial charge in [0.25, 0.3) is 0 Å². The van der Waals surface area contributed by atoms with Crippen LogP contribution in [0.25, 0.3) is 0 Å². The molecule has 0 saturated carbocycles. The summed E-state index contributed by atoms with van der Waals surface area (Å²) < 4.78 is 1.11. The highest BCUT2D eigenvalue weighted by Gasteiger charge is 2.18. The van der Waals surface area contributed by atoms with E-state index in [0.717, 1.165) is 30.7 Å². The summed E-state index contributed by atoms with van der Waals surface area (Å²) in [6.07, 6.45) is 1.24. The second-order valence-corrected chi connectivity index (χ2v) is 5.72. The minimum absolute atomic E-state index is 0.601. The van der Waals surface area contributed by atoms with Gasteiger partial charge in [-0.1, -0.05) is 22.9 Å². The molecule has 0 radical (unpaired) electrons. The molecule has 18 heavy (non-hydrogen) atoms. The lowest BCUT2D eigenvalue weighted by molar-refractivity contribution is 0.258. The Hall–Kier alpha value is -0.580. The summed E-state index contributed by atoms with van der Waals surface area (Å²) in [5, 5.41) is 0. The molecule has 1 saturated heterocycles. The molecule has 0 aromatic heterocycles. The molecule has 2 rings (SSSR count). The summed E-state index contributed by atoms with van der Waals surface area (Å²) in [6, 6.07) is 6.42. The smallest absolute Gasteiger partial charge is 0.0413 e. The van der Waals surface area contributed by atoms with Crippen LogP contribution in [-0.2, 0) is 6.54 Å². The molecule has 0 aliphatic carbocycles. The van der Waals surface area contributed by atoms with E-state index >= 15 is 0 Å². The third-order valence-corrected chi connectivity index (χ3v) is 4.01. The zero-order valence-corrected chi connectivity index (χ0v) is 12.6. The van der Waals surface area contributed by atoms with Crippen molar-refractivity contribution >= 4 is 21.6 Å². The molecule has 0 bridgehead atoms. The SMILES string of the molecule is CCCN1CCN(c2ccc(Br)cc2CN)CC1. The van der Waals surface area contributed by atoms with Crippen molar-refractivity contribution in [2.24, 2.45) is 5.73 Å². The highest BCUT2D eigenvalue weighted by Crippen LogP contribution is 2.25. The predicted molar refractivity (Wildman–Crippen MR) is 81.0 cm³/mol. The van der Waals surface area contributed by atoms with Crippen molar-refractivity contribution in [3.8, 4) is 0 Å². The van der Waals surface area contributed by atoms with Gasteiger partial charge < -0.3 is 10.6 Å². The zero-order chi connectivity index (χ0) is 13.0. The second kappa shape index (κ2) is 6.55. The summed E-state index contributed by atoms with van der Waals surface area (Å²) in [5.74, 6) is 0. The fourth-order valence-corrected chi connectivity index (χ4v) is 2.96. The Kier molecular flexibility index (Phi) is 5.03. The fourth-order valence-electron chi connectivity index (χ4n) is 2.55. The number of rotatable bonds is 4. The topological polar surface area (TPSA) is 32.5 Å². The van der Waals surface area contributed by atoms with Gasteiger partial charge in [0.05, 0.1) is 0 Å². The molecule has 4 heteroatoms. The Morgan fingerprint density at radius 3 is 2.56 bits per heavy atom. The molecule has 1 fully saturated rings. The van der Waals surface area contributed by atoms with Crippen molar-refractivity contribution in [2.75, 3.05) is 37.6 Å². The molecular weight excluding hydrogens is 290 g/mol. The number of halogens is 1. The van der Waals surface area contributed by atoms with Crippen LogP contribution in [0.1, 0.15) is 18.9 Å². The van der Waals surface area contributed by atoms with Gasteiger partial charge in [0.1, 0.15) is 0 Å². The summed E-state index contributed by atoms with van der Waals surface area (Å²) >= 11 is 3.51. The molecule has 1 aliphatic rings. The first kappa shape index (κ1) is 13.8. The number of piperazine rings is 1. The molecule has 0 amide bonds. The van der Waals surface area contributed by atoms with E-state index in [0.29, 0.717) is 6.54 Å². The molecule has 3 nitrogen and oxygen atoms in total. The Balaban J connectivity index is 2.05. The molecule has 1 aromatic rings. The van der Waals surface area contributed by atoms with Crippen molar-refractivity contribution in [1.29, 1.82) is 0 Å². The third kappa shape index (κ3) is 3.25. The van der Waals surface area contributed by atoms with Crippen molar-refractivity contribution in [3.63, 3.8) is 0 Å². The maximum atomic E-state index is 5.84. The third-order valence-electron chi connectivity index (χ3n) is 3.51. The first-order chi connectivity index (χ1) is 8.74. The van der Waals surface area contributed by atoms with Gasteiger partial charge in [0.15, 0.2) is 0 Å². The Labute approximate surface area is 118 Å². The monoisotopic (exact) mass is 311 g/mol. The number of hydrogen-bond acceptors (Lipinski definition) is 3. The van der Waals surface area contributed by atoms with Crippen LogP contribution in [0.5, 0.6) is 0 Å². The number of nitrogens with zero attached hydrogens (tertiary/aromatic N) is 2. The van der Waals surface area contributed by atoms with Gasteiger partial charge in [0, 0.05) is 42.9 Å². The van der Waals surface area contributed by atoms with Crippen molar-refractivity contribution in [2.45, 2.75) is 19.9 Å². The van der Waals surface area contributed by atoms with E-state index in [1.54, 1.807) is 0 Å². The van der Waals surface area contributed by atoms with E-state index in [1.807, 2.05) is 0 Å². The van der Waals surface area contributed by atoms with E-state index in [9.17, 15) is 0 Å². The number of benzene rings is 1. The van der Waals surface area contributed by atoms with Gasteiger partial charge >= 0.3 is 0 Å².